The SMILES string of the molecule is CC[C@H](C)[C@@H]([C@@H](CC(=O)N1CCC[C@H]1[C@H](OC)[C@@H](C)C(=O)N[C@@]1(C(=O)N2CCCCO2)C[C@@H]1c1ccccc1)OC)N(C)[C@H](C(=O)NC(=O)[C@H](C(C)C)N(C)CCCC(=O)O)C(C)C. The van der Waals surface area contributed by atoms with E-state index < -0.39 is 65.6 Å². The molecule has 3 N–H and O–H groups in total. The number of benzene rings is 1. The van der Waals surface area contributed by atoms with Crippen molar-refractivity contribution in [3.63, 3.8) is 0 Å². The Morgan fingerprint density at radius 2 is 1.55 bits per heavy atom. The summed E-state index contributed by atoms with van der Waals surface area (Å²) in [7, 11) is 6.73. The fourth-order valence-corrected chi connectivity index (χ4v) is 10.3. The summed E-state index contributed by atoms with van der Waals surface area (Å²) in [6.45, 7) is 15.3. The highest BCUT2D eigenvalue weighted by Gasteiger charge is 2.64. The topological polar surface area (TPSA) is 187 Å². The second-order valence-electron chi connectivity index (χ2n) is 19.1. The lowest BCUT2D eigenvalue weighted by molar-refractivity contribution is -0.200. The third kappa shape index (κ3) is 12.7. The van der Waals surface area contributed by atoms with Crippen molar-refractivity contribution in [2.75, 3.05) is 54.6 Å². The number of likely N-dealkylation sites (tertiary alicyclic amines) is 1. The monoisotopic (exact) mass is 899 g/mol. The number of aliphatic carboxylic acids is 1. The number of hydroxylamine groups is 2. The van der Waals surface area contributed by atoms with Crippen molar-refractivity contribution in [2.24, 2.45) is 23.7 Å². The minimum Gasteiger partial charge on any atom is -0.481 e. The lowest BCUT2D eigenvalue weighted by Crippen LogP contribution is -2.60. The molecule has 1 aromatic carbocycles. The molecule has 2 heterocycles. The van der Waals surface area contributed by atoms with Gasteiger partial charge in [-0.1, -0.05) is 85.2 Å². The van der Waals surface area contributed by atoms with Gasteiger partial charge in [0.2, 0.25) is 23.6 Å². The van der Waals surface area contributed by atoms with E-state index in [2.05, 4.69) is 24.5 Å². The second-order valence-corrected chi connectivity index (χ2v) is 19.1. The predicted octanol–water partition coefficient (Wildman–Crippen LogP) is 4.47. The zero-order chi connectivity index (χ0) is 47.5. The van der Waals surface area contributed by atoms with Gasteiger partial charge >= 0.3 is 5.97 Å². The number of rotatable bonds is 24. The molecular formula is C48H78N6O10. The van der Waals surface area contributed by atoms with E-state index in [0.717, 1.165) is 31.2 Å². The average molecular weight is 899 g/mol. The molecule has 360 valence electrons. The molecule has 0 aromatic heterocycles. The minimum absolute atomic E-state index is 0.0114. The first-order valence-electron chi connectivity index (χ1n) is 23.5. The van der Waals surface area contributed by atoms with E-state index in [-0.39, 0.29) is 54.2 Å². The lowest BCUT2D eigenvalue weighted by Gasteiger charge is -2.43. The summed E-state index contributed by atoms with van der Waals surface area (Å²) in [5.74, 6) is -3.85. The van der Waals surface area contributed by atoms with Gasteiger partial charge in [-0.05, 0) is 82.5 Å². The first-order valence-corrected chi connectivity index (χ1v) is 23.5. The number of amides is 5. The van der Waals surface area contributed by atoms with Gasteiger partial charge in [-0.3, -0.25) is 48.7 Å². The van der Waals surface area contributed by atoms with Gasteiger partial charge in [-0.15, -0.1) is 0 Å². The maximum atomic E-state index is 14.5. The lowest BCUT2D eigenvalue weighted by atomic mass is 9.87. The number of nitrogens with one attached hydrogen (secondary N) is 2. The van der Waals surface area contributed by atoms with Crippen LogP contribution in [0.3, 0.4) is 0 Å². The van der Waals surface area contributed by atoms with Gasteiger partial charge in [0.25, 0.3) is 5.91 Å². The number of carboxylic acid groups (broad SMARTS) is 1. The van der Waals surface area contributed by atoms with Crippen molar-refractivity contribution < 1.29 is 48.2 Å². The Morgan fingerprint density at radius 1 is 0.891 bits per heavy atom. The molecule has 3 fully saturated rings. The van der Waals surface area contributed by atoms with E-state index in [0.29, 0.717) is 45.5 Å². The molecule has 1 aromatic rings. The molecule has 10 atom stereocenters. The van der Waals surface area contributed by atoms with E-state index in [9.17, 15) is 28.8 Å². The highest BCUT2D eigenvalue weighted by molar-refractivity contribution is 6.00. The Balaban J connectivity index is 1.50. The molecule has 0 unspecified atom stereocenters. The molecule has 16 heteroatoms. The van der Waals surface area contributed by atoms with Crippen molar-refractivity contribution in [3.8, 4) is 0 Å². The summed E-state index contributed by atoms with van der Waals surface area (Å²) in [5.41, 5.74) is -0.182. The van der Waals surface area contributed by atoms with Gasteiger partial charge in [0.15, 0.2) is 0 Å². The second kappa shape index (κ2) is 24.0. The highest BCUT2D eigenvalue weighted by atomic mass is 16.7. The van der Waals surface area contributed by atoms with Crippen LogP contribution in [0.1, 0.15) is 118 Å². The smallest absolute Gasteiger partial charge is 0.303 e. The van der Waals surface area contributed by atoms with E-state index in [1.54, 1.807) is 38.0 Å². The average Bonchev–Trinajstić information content (AvgIpc) is 3.78. The van der Waals surface area contributed by atoms with Crippen molar-refractivity contribution in [1.29, 1.82) is 0 Å². The van der Waals surface area contributed by atoms with Gasteiger partial charge < -0.3 is 24.8 Å². The molecule has 0 bridgehead atoms. The number of carboxylic acids is 1. The van der Waals surface area contributed by atoms with Crippen LogP contribution in [-0.2, 0) is 43.1 Å². The van der Waals surface area contributed by atoms with Crippen LogP contribution in [0.5, 0.6) is 0 Å². The third-order valence-electron chi connectivity index (χ3n) is 13.9. The fourth-order valence-electron chi connectivity index (χ4n) is 10.3. The van der Waals surface area contributed by atoms with Crippen LogP contribution in [-0.4, -0.2) is 157 Å². The molecule has 64 heavy (non-hydrogen) atoms. The summed E-state index contributed by atoms with van der Waals surface area (Å²) in [6.07, 6.45) is 3.29. The van der Waals surface area contributed by atoms with Gasteiger partial charge in [0.05, 0.1) is 49.3 Å². The highest BCUT2D eigenvalue weighted by Crippen LogP contribution is 2.53. The molecule has 4 rings (SSSR count). The number of nitrogens with zero attached hydrogens (tertiary/aromatic N) is 4. The van der Waals surface area contributed by atoms with Gasteiger partial charge in [0.1, 0.15) is 5.54 Å². The van der Waals surface area contributed by atoms with Crippen molar-refractivity contribution in [2.45, 2.75) is 154 Å². The van der Waals surface area contributed by atoms with E-state index in [1.807, 2.05) is 70.0 Å². The van der Waals surface area contributed by atoms with Crippen LogP contribution in [0.25, 0.3) is 0 Å². The summed E-state index contributed by atoms with van der Waals surface area (Å²) in [4.78, 5) is 93.2. The summed E-state index contributed by atoms with van der Waals surface area (Å²) >= 11 is 0. The molecule has 0 spiro atoms. The fraction of sp³-hybridized carbons (Fsp3) is 0.750. The molecular weight excluding hydrogens is 821 g/mol. The van der Waals surface area contributed by atoms with Crippen LogP contribution in [0, 0.1) is 23.7 Å². The Labute approximate surface area is 381 Å². The van der Waals surface area contributed by atoms with Crippen molar-refractivity contribution >= 4 is 35.5 Å². The maximum Gasteiger partial charge on any atom is 0.303 e. The number of carbonyl (C=O) groups is 6. The zero-order valence-corrected chi connectivity index (χ0v) is 40.3. The summed E-state index contributed by atoms with van der Waals surface area (Å²) < 4.78 is 12.2. The molecule has 16 nitrogen and oxygen atoms in total. The Kier molecular flexibility index (Phi) is 19.7. The number of methoxy groups -OCH3 is 2. The number of imide groups is 1. The van der Waals surface area contributed by atoms with E-state index in [4.69, 9.17) is 19.4 Å². The first-order chi connectivity index (χ1) is 30.3. The number of hydrogen-bond acceptors (Lipinski definition) is 11. The Morgan fingerprint density at radius 3 is 2.11 bits per heavy atom. The van der Waals surface area contributed by atoms with Gasteiger partial charge in [-0.25, -0.2) is 5.06 Å². The largest absolute Gasteiger partial charge is 0.481 e. The maximum absolute atomic E-state index is 14.5. The zero-order valence-electron chi connectivity index (χ0n) is 40.3. The standard InChI is InChI=1S/C48H78N6O10/c1-12-32(6)42(52(9)41(31(4)5)46(60)49-45(59)40(30(2)3)51(8)24-19-23-39(56)57)37(62-10)28-38(55)53-25-18-22-36(53)43(63-11)33(7)44(58)50-48(47(61)54-26-16-17-27-64-54)29-35(48)34-20-14-13-15-21-34/h13-15,20-21,30-33,35-37,40-43H,12,16-19,22-29H2,1-11H3,(H,50,58)(H,56,57)(H,49,59,60)/t32-,33+,35+,36-,37+,40-,41-,42-,43+,48-/m0/s1. The Bertz CT molecular complexity index is 1730. The summed E-state index contributed by atoms with van der Waals surface area (Å²) in [6, 6.07) is 7.51. The van der Waals surface area contributed by atoms with Gasteiger partial charge in [-0.2, -0.15) is 0 Å². The number of likely N-dealkylation sites (N-methyl/N-ethyl adjacent to an activating group) is 2. The minimum atomic E-state index is -1.15. The quantitative estimate of drug-likeness (QED) is 0.133. The predicted molar refractivity (Wildman–Crippen MR) is 243 cm³/mol. The molecule has 1 saturated carbocycles. The third-order valence-corrected chi connectivity index (χ3v) is 13.9. The molecule has 5 amide bonds. The van der Waals surface area contributed by atoms with Crippen LogP contribution in [0.15, 0.2) is 30.3 Å². The number of hydrogen-bond donors (Lipinski definition) is 3. The molecule has 0 radical (unpaired) electrons. The summed E-state index contributed by atoms with van der Waals surface area (Å²) in [5, 5.41) is 16.4. The Hall–Kier alpha value is -3.96. The number of ether oxygens (including phenoxy) is 2. The van der Waals surface area contributed by atoms with Crippen LogP contribution in [0.2, 0.25) is 0 Å². The van der Waals surface area contributed by atoms with E-state index >= 15 is 0 Å². The van der Waals surface area contributed by atoms with Crippen LogP contribution in [0.4, 0.5) is 0 Å². The van der Waals surface area contributed by atoms with Crippen LogP contribution >= 0.6 is 0 Å². The molecule has 3 aliphatic rings. The molecule has 1 aliphatic carbocycles. The van der Waals surface area contributed by atoms with Crippen molar-refractivity contribution in [1.82, 2.24) is 30.4 Å². The van der Waals surface area contributed by atoms with Gasteiger partial charge in [0, 0.05) is 45.7 Å². The van der Waals surface area contributed by atoms with Crippen LogP contribution < -0.4 is 10.6 Å². The van der Waals surface area contributed by atoms with E-state index in [1.165, 1.54) is 5.06 Å². The molecule has 2 aliphatic heterocycles. The number of carbonyl (C=O) groups excluding carboxylic acids is 5. The molecule has 2 saturated heterocycles. The first kappa shape index (κ1) is 52.7. The normalized spacial score (nSPS) is 23.4. The van der Waals surface area contributed by atoms with Crippen molar-refractivity contribution in [3.05, 3.63) is 35.9 Å².